The number of fused-ring (bicyclic) bond motifs is 1. The molecule has 0 saturated carbocycles. The van der Waals surface area contributed by atoms with E-state index in [1.54, 1.807) is 12.3 Å². The van der Waals surface area contributed by atoms with Crippen LogP contribution in [0.5, 0.6) is 0 Å². The van der Waals surface area contributed by atoms with Crippen molar-refractivity contribution in [2.45, 2.75) is 33.6 Å². The molecule has 3 aromatic rings. The number of aromatic nitrogens is 2. The molecule has 2 aromatic heterocycles. The lowest BCUT2D eigenvalue weighted by atomic mass is 9.98. The topological polar surface area (TPSA) is 58.1 Å². The van der Waals surface area contributed by atoms with E-state index >= 15 is 0 Å². The molecule has 0 bridgehead atoms. The van der Waals surface area contributed by atoms with Gasteiger partial charge in [0.2, 0.25) is 0 Å². The number of pyridine rings is 2. The minimum Gasteiger partial charge on any atom is -0.354 e. The Morgan fingerprint density at radius 1 is 1.17 bits per heavy atom. The molecule has 158 valence electrons. The number of halogens is 2. The third-order valence-electron chi connectivity index (χ3n) is 5.63. The van der Waals surface area contributed by atoms with Gasteiger partial charge in [0.05, 0.1) is 11.3 Å². The minimum atomic E-state index is -0.330. The fraction of sp³-hybridized carbons (Fsp3) is 0.348. The Labute approximate surface area is 182 Å². The second-order valence-corrected chi connectivity index (χ2v) is 7.93. The van der Waals surface area contributed by atoms with Crippen LogP contribution in [0.2, 0.25) is 0 Å². The molecule has 0 aliphatic carbocycles. The van der Waals surface area contributed by atoms with E-state index in [2.05, 4.69) is 22.2 Å². The summed E-state index contributed by atoms with van der Waals surface area (Å²) in [6.45, 7) is 7.50. The van der Waals surface area contributed by atoms with Gasteiger partial charge < -0.3 is 10.2 Å². The predicted molar refractivity (Wildman–Crippen MR) is 120 cm³/mol. The summed E-state index contributed by atoms with van der Waals surface area (Å²) in [5.74, 6) is 0.250. The number of benzene rings is 1. The summed E-state index contributed by atoms with van der Waals surface area (Å²) >= 11 is 0. The fourth-order valence-electron chi connectivity index (χ4n) is 3.71. The van der Waals surface area contributed by atoms with Crippen LogP contribution in [0.4, 0.5) is 15.8 Å². The van der Waals surface area contributed by atoms with Gasteiger partial charge in [0, 0.05) is 36.1 Å². The zero-order chi connectivity index (χ0) is 20.5. The van der Waals surface area contributed by atoms with Gasteiger partial charge in [-0.1, -0.05) is 13.0 Å². The highest BCUT2D eigenvalue weighted by Gasteiger charge is 2.25. The second-order valence-electron chi connectivity index (χ2n) is 7.93. The first-order valence-corrected chi connectivity index (χ1v) is 10.0. The standard InChI is InChI=1S/C23H25FN4O.ClH/c1-14-8-10-28(11-9-14)23(29)19-13-25-22-18(7-5-16(3)26-22)21(19)27-20-12-17(24)6-4-15(20)2;/h4-7,12-14H,8-11H2,1-3H3,(H,25,26,27);1H. The van der Waals surface area contributed by atoms with Crippen molar-refractivity contribution >= 4 is 40.7 Å². The van der Waals surface area contributed by atoms with Crippen molar-refractivity contribution < 1.29 is 9.18 Å². The number of piperidine rings is 1. The SMILES string of the molecule is Cc1ccc2c(Nc3cc(F)ccc3C)c(C(=O)N3CCC(C)CC3)cnc2n1.Cl. The van der Waals surface area contributed by atoms with Gasteiger partial charge >= 0.3 is 0 Å². The first-order valence-electron chi connectivity index (χ1n) is 10.0. The van der Waals surface area contributed by atoms with Crippen molar-refractivity contribution in [3.63, 3.8) is 0 Å². The number of hydrogen-bond acceptors (Lipinski definition) is 4. The van der Waals surface area contributed by atoms with Crippen molar-refractivity contribution in [2.75, 3.05) is 18.4 Å². The average molecular weight is 429 g/mol. The number of nitrogens with one attached hydrogen (secondary N) is 1. The molecule has 0 atom stereocenters. The maximum absolute atomic E-state index is 13.9. The number of rotatable bonds is 3. The summed E-state index contributed by atoms with van der Waals surface area (Å²) < 4.78 is 13.9. The Balaban J connectivity index is 0.00000256. The monoisotopic (exact) mass is 428 g/mol. The van der Waals surface area contributed by atoms with Crippen LogP contribution in [0.1, 0.15) is 41.4 Å². The number of hydrogen-bond donors (Lipinski definition) is 1. The summed E-state index contributed by atoms with van der Waals surface area (Å²) in [6.07, 6.45) is 3.59. The Kier molecular flexibility index (Phi) is 6.56. The normalized spacial score (nSPS) is 14.5. The van der Waals surface area contributed by atoms with E-state index in [-0.39, 0.29) is 24.1 Å². The number of carbonyl (C=O) groups is 1. The maximum Gasteiger partial charge on any atom is 0.257 e. The van der Waals surface area contributed by atoms with Gasteiger partial charge in [0.25, 0.3) is 5.91 Å². The second kappa shape index (κ2) is 8.96. The lowest BCUT2D eigenvalue weighted by Gasteiger charge is -2.31. The van der Waals surface area contributed by atoms with E-state index in [4.69, 9.17) is 0 Å². The zero-order valence-corrected chi connectivity index (χ0v) is 18.2. The van der Waals surface area contributed by atoms with Crippen LogP contribution in [-0.2, 0) is 0 Å². The molecule has 0 unspecified atom stereocenters. The van der Waals surface area contributed by atoms with E-state index in [9.17, 15) is 9.18 Å². The van der Waals surface area contributed by atoms with Crippen LogP contribution in [0.25, 0.3) is 11.0 Å². The third kappa shape index (κ3) is 4.38. The number of anilines is 2. The van der Waals surface area contributed by atoms with E-state index in [1.807, 2.05) is 30.9 Å². The van der Waals surface area contributed by atoms with Crippen molar-refractivity contribution in [3.8, 4) is 0 Å². The van der Waals surface area contributed by atoms with Gasteiger partial charge in [0.15, 0.2) is 5.65 Å². The van der Waals surface area contributed by atoms with Crippen molar-refractivity contribution in [1.29, 1.82) is 0 Å². The number of amides is 1. The minimum absolute atomic E-state index is 0. The molecule has 30 heavy (non-hydrogen) atoms. The molecule has 1 aromatic carbocycles. The molecular formula is C23H26ClFN4O. The molecule has 3 heterocycles. The Morgan fingerprint density at radius 3 is 2.63 bits per heavy atom. The highest BCUT2D eigenvalue weighted by atomic mass is 35.5. The quantitative estimate of drug-likeness (QED) is 0.604. The highest BCUT2D eigenvalue weighted by Crippen LogP contribution is 2.32. The van der Waals surface area contributed by atoms with Gasteiger partial charge in [-0.3, -0.25) is 4.79 Å². The van der Waals surface area contributed by atoms with E-state index in [0.29, 0.717) is 28.5 Å². The first kappa shape index (κ1) is 22.0. The van der Waals surface area contributed by atoms with E-state index in [1.165, 1.54) is 12.1 Å². The summed E-state index contributed by atoms with van der Waals surface area (Å²) in [5.41, 5.74) is 4.04. The number of aryl methyl sites for hydroxylation is 2. The molecule has 7 heteroatoms. The van der Waals surface area contributed by atoms with E-state index < -0.39 is 0 Å². The van der Waals surface area contributed by atoms with Crippen LogP contribution in [0.15, 0.2) is 36.5 Å². The van der Waals surface area contributed by atoms with Crippen LogP contribution in [0.3, 0.4) is 0 Å². The molecule has 0 radical (unpaired) electrons. The maximum atomic E-state index is 13.9. The van der Waals surface area contributed by atoms with Gasteiger partial charge in [-0.05, 0) is 62.4 Å². The number of carbonyl (C=O) groups excluding carboxylic acids is 1. The average Bonchev–Trinajstić information content (AvgIpc) is 2.70. The van der Waals surface area contributed by atoms with Crippen LogP contribution in [-0.4, -0.2) is 33.9 Å². The predicted octanol–water partition coefficient (Wildman–Crippen LogP) is 5.42. The molecular weight excluding hydrogens is 403 g/mol. The zero-order valence-electron chi connectivity index (χ0n) is 17.4. The van der Waals surface area contributed by atoms with Crippen molar-refractivity contribution in [3.05, 3.63) is 59.2 Å². The molecule has 1 aliphatic rings. The number of likely N-dealkylation sites (tertiary alicyclic amines) is 1. The van der Waals surface area contributed by atoms with Crippen molar-refractivity contribution in [1.82, 2.24) is 14.9 Å². The van der Waals surface area contributed by atoms with Gasteiger partial charge in [-0.15, -0.1) is 12.4 Å². The summed E-state index contributed by atoms with van der Waals surface area (Å²) in [6, 6.07) is 8.40. The summed E-state index contributed by atoms with van der Waals surface area (Å²) in [4.78, 5) is 24.1. The molecule has 1 aliphatic heterocycles. The van der Waals surface area contributed by atoms with Crippen molar-refractivity contribution in [2.24, 2.45) is 5.92 Å². The Morgan fingerprint density at radius 2 is 1.90 bits per heavy atom. The summed E-state index contributed by atoms with van der Waals surface area (Å²) in [7, 11) is 0. The van der Waals surface area contributed by atoms with E-state index in [0.717, 1.165) is 42.6 Å². The molecule has 0 spiro atoms. The van der Waals surface area contributed by atoms with Gasteiger partial charge in [-0.2, -0.15) is 0 Å². The largest absolute Gasteiger partial charge is 0.354 e. The van der Waals surface area contributed by atoms with Crippen LogP contribution in [0, 0.1) is 25.6 Å². The molecule has 1 N–H and O–H groups in total. The smallest absolute Gasteiger partial charge is 0.257 e. The van der Waals surface area contributed by atoms with Gasteiger partial charge in [-0.25, -0.2) is 14.4 Å². The third-order valence-corrected chi connectivity index (χ3v) is 5.63. The number of nitrogens with zero attached hydrogens (tertiary/aromatic N) is 3. The molecule has 1 fully saturated rings. The Bertz CT molecular complexity index is 1080. The molecule has 1 saturated heterocycles. The highest BCUT2D eigenvalue weighted by molar-refractivity contribution is 6.07. The first-order chi connectivity index (χ1) is 13.9. The molecule has 4 rings (SSSR count). The molecule has 1 amide bonds. The lowest BCUT2D eigenvalue weighted by molar-refractivity contribution is 0.0698. The lowest BCUT2D eigenvalue weighted by Crippen LogP contribution is -2.38. The fourth-order valence-corrected chi connectivity index (χ4v) is 3.71. The Hall–Kier alpha value is -2.73. The van der Waals surface area contributed by atoms with Gasteiger partial charge in [0.1, 0.15) is 5.82 Å². The van der Waals surface area contributed by atoms with Crippen LogP contribution >= 0.6 is 12.4 Å². The molecule has 5 nitrogen and oxygen atoms in total. The van der Waals surface area contributed by atoms with Crippen LogP contribution < -0.4 is 5.32 Å². The summed E-state index contributed by atoms with van der Waals surface area (Å²) in [5, 5.41) is 4.05.